The Balaban J connectivity index is 3.73. The normalized spacial score (nSPS) is 16.2. The Morgan fingerprint density at radius 3 is 2.00 bits per heavy atom. The third-order valence-corrected chi connectivity index (χ3v) is 2.44. The first-order valence-corrected chi connectivity index (χ1v) is 5.96. The summed E-state index contributed by atoms with van der Waals surface area (Å²) in [5.74, 6) is 0. The van der Waals surface area contributed by atoms with Crippen molar-refractivity contribution in [1.29, 1.82) is 0 Å². The molecule has 0 radical (unpaired) electrons. The van der Waals surface area contributed by atoms with Crippen LogP contribution in [0.1, 0.15) is 6.42 Å². The Labute approximate surface area is 55.1 Å². The molecular weight excluding hydrogens is 141 g/mol. The van der Waals surface area contributed by atoms with E-state index in [-0.39, 0.29) is 6.16 Å². The van der Waals surface area contributed by atoms with Gasteiger partial charge in [0.2, 0.25) is 0 Å². The molecule has 0 aromatic rings. The second-order valence-electron chi connectivity index (χ2n) is 2.86. The van der Waals surface area contributed by atoms with Crippen LogP contribution in [0.15, 0.2) is 12.7 Å². The van der Waals surface area contributed by atoms with E-state index in [2.05, 4.69) is 6.58 Å². The van der Waals surface area contributed by atoms with Gasteiger partial charge in [-0.1, -0.05) is 0 Å². The molecule has 0 unspecified atom stereocenters. The fraction of sp³-hybridized carbons (Fsp3) is 0.667. The summed E-state index contributed by atoms with van der Waals surface area (Å²) < 4.78 is 25.4. The molecule has 0 atom stereocenters. The van der Waals surface area contributed by atoms with E-state index in [4.69, 9.17) is 0 Å². The zero-order valence-electron chi connectivity index (χ0n) is 5.90. The first-order valence-electron chi connectivity index (χ1n) is 2.87. The van der Waals surface area contributed by atoms with Gasteiger partial charge in [-0.25, -0.2) is 0 Å². The first kappa shape index (κ1) is 9.03. The molecule has 9 heavy (non-hydrogen) atoms. The van der Waals surface area contributed by atoms with E-state index in [1.807, 2.05) is 0 Å². The van der Waals surface area contributed by atoms with Crippen molar-refractivity contribution in [2.24, 2.45) is 0 Å². The fourth-order valence-corrected chi connectivity index (χ4v) is 1.34. The fourth-order valence-electron chi connectivity index (χ4n) is 0.447. The third kappa shape index (κ3) is 8.03. The number of hydrogen-bond acceptors (Lipinski definition) is 0. The molecule has 56 valence electrons. The Kier molecular flexibility index (Phi) is 2.35. The molecular formula is C6H13F2P. The van der Waals surface area contributed by atoms with Crippen molar-refractivity contribution in [3.8, 4) is 0 Å². The summed E-state index contributed by atoms with van der Waals surface area (Å²) in [6, 6.07) is 0. The van der Waals surface area contributed by atoms with Crippen molar-refractivity contribution in [2.45, 2.75) is 6.42 Å². The summed E-state index contributed by atoms with van der Waals surface area (Å²) in [6.07, 6.45) is 1.97. The van der Waals surface area contributed by atoms with E-state index >= 15 is 0 Å². The van der Waals surface area contributed by atoms with Gasteiger partial charge in [0.25, 0.3) is 0 Å². The Morgan fingerprint density at radius 1 is 1.44 bits per heavy atom. The van der Waals surface area contributed by atoms with Gasteiger partial charge in [-0.3, -0.25) is 0 Å². The van der Waals surface area contributed by atoms with Crippen LogP contribution in [-0.2, 0) is 0 Å². The van der Waals surface area contributed by atoms with E-state index in [9.17, 15) is 8.39 Å². The molecule has 0 fully saturated rings. The molecule has 0 aliphatic rings. The average molecular weight is 154 g/mol. The first-order chi connectivity index (χ1) is 3.81. The summed E-state index contributed by atoms with van der Waals surface area (Å²) in [7, 11) is -4.20. The van der Waals surface area contributed by atoms with Crippen LogP contribution in [-0.4, -0.2) is 19.5 Å². The van der Waals surface area contributed by atoms with Crippen LogP contribution in [0.2, 0.25) is 0 Å². The summed E-state index contributed by atoms with van der Waals surface area (Å²) in [6.45, 7) is 5.51. The standard InChI is InChI=1S/C6H13F2P/c1-4-5-6-9(2,3,7)8/h4H,1,5-6H2,2-3H3. The van der Waals surface area contributed by atoms with E-state index in [0.717, 1.165) is 13.3 Å². The quantitative estimate of drug-likeness (QED) is 0.432. The van der Waals surface area contributed by atoms with Crippen LogP contribution in [0.3, 0.4) is 0 Å². The van der Waals surface area contributed by atoms with E-state index in [0.29, 0.717) is 6.42 Å². The van der Waals surface area contributed by atoms with Gasteiger partial charge < -0.3 is 0 Å². The van der Waals surface area contributed by atoms with Gasteiger partial charge in [0.15, 0.2) is 0 Å². The molecule has 0 aromatic carbocycles. The van der Waals surface area contributed by atoms with E-state index in [1.54, 1.807) is 0 Å². The zero-order chi connectivity index (χ0) is 7.57. The molecule has 0 saturated heterocycles. The minimum atomic E-state index is -4.20. The van der Waals surface area contributed by atoms with Gasteiger partial charge in [-0.05, 0) is 0 Å². The molecule has 0 amide bonds. The van der Waals surface area contributed by atoms with Crippen LogP contribution >= 0.6 is 7.22 Å². The van der Waals surface area contributed by atoms with Crippen molar-refractivity contribution in [3.05, 3.63) is 12.7 Å². The maximum atomic E-state index is 12.7. The molecule has 0 aromatic heterocycles. The van der Waals surface area contributed by atoms with Crippen LogP contribution in [0.5, 0.6) is 0 Å². The zero-order valence-corrected chi connectivity index (χ0v) is 6.80. The molecule has 0 aliphatic heterocycles. The van der Waals surface area contributed by atoms with Crippen LogP contribution < -0.4 is 0 Å². The molecule has 0 aliphatic carbocycles. The maximum absolute atomic E-state index is 12.7. The monoisotopic (exact) mass is 154 g/mol. The van der Waals surface area contributed by atoms with Gasteiger partial charge in [-0.15, -0.1) is 0 Å². The van der Waals surface area contributed by atoms with Crippen LogP contribution in [0.25, 0.3) is 0 Å². The van der Waals surface area contributed by atoms with Crippen molar-refractivity contribution in [1.82, 2.24) is 0 Å². The van der Waals surface area contributed by atoms with Crippen LogP contribution in [0, 0.1) is 0 Å². The molecule has 0 heterocycles. The molecule has 0 rings (SSSR count). The average Bonchev–Trinajstić information content (AvgIpc) is 1.57. The second kappa shape index (κ2) is 2.34. The van der Waals surface area contributed by atoms with Gasteiger partial charge in [0, 0.05) is 0 Å². The summed E-state index contributed by atoms with van der Waals surface area (Å²) in [5, 5.41) is 0. The molecule has 0 spiro atoms. The van der Waals surface area contributed by atoms with Gasteiger partial charge in [0.05, 0.1) is 0 Å². The third-order valence-electron chi connectivity index (χ3n) is 0.949. The topological polar surface area (TPSA) is 0 Å². The predicted molar refractivity (Wildman–Crippen MR) is 40.7 cm³/mol. The molecule has 0 saturated carbocycles. The predicted octanol–water partition coefficient (Wildman–Crippen LogP) is 3.14. The summed E-state index contributed by atoms with van der Waals surface area (Å²) in [5.41, 5.74) is 0. The van der Waals surface area contributed by atoms with Gasteiger partial charge in [-0.2, -0.15) is 0 Å². The number of rotatable bonds is 3. The van der Waals surface area contributed by atoms with E-state index in [1.165, 1.54) is 6.08 Å². The second-order valence-corrected chi connectivity index (χ2v) is 7.42. The molecule has 0 bridgehead atoms. The Bertz CT molecular complexity index is 103. The van der Waals surface area contributed by atoms with E-state index < -0.39 is 7.22 Å². The number of allylic oxidation sites excluding steroid dienone is 1. The summed E-state index contributed by atoms with van der Waals surface area (Å²) >= 11 is 0. The Morgan fingerprint density at radius 2 is 1.89 bits per heavy atom. The molecule has 0 N–H and O–H groups in total. The van der Waals surface area contributed by atoms with Gasteiger partial charge >= 0.3 is 54.2 Å². The minimum absolute atomic E-state index is 0.00903. The van der Waals surface area contributed by atoms with Crippen molar-refractivity contribution in [3.63, 3.8) is 0 Å². The molecule has 0 nitrogen and oxygen atoms in total. The summed E-state index contributed by atoms with van der Waals surface area (Å²) in [4.78, 5) is 0. The van der Waals surface area contributed by atoms with Crippen molar-refractivity contribution >= 4 is 7.22 Å². The number of halogens is 2. The molecule has 3 heteroatoms. The van der Waals surface area contributed by atoms with Crippen LogP contribution in [0.4, 0.5) is 8.39 Å². The SMILES string of the molecule is C=CCCP(C)(C)(F)F. The van der Waals surface area contributed by atoms with Gasteiger partial charge in [0.1, 0.15) is 0 Å². The van der Waals surface area contributed by atoms with Crippen molar-refractivity contribution < 1.29 is 8.39 Å². The van der Waals surface area contributed by atoms with Crippen molar-refractivity contribution in [2.75, 3.05) is 19.5 Å². The number of hydrogen-bond donors (Lipinski definition) is 0. The Hall–Kier alpha value is 0.0300.